The van der Waals surface area contributed by atoms with Crippen molar-refractivity contribution in [1.29, 1.82) is 0 Å². The Hall–Kier alpha value is -2.03. The van der Waals surface area contributed by atoms with Crippen LogP contribution < -0.4 is 0 Å². The monoisotopic (exact) mass is 214 g/mol. The minimum absolute atomic E-state index is 0.238. The fourth-order valence-corrected chi connectivity index (χ4v) is 2.36. The topological polar surface area (TPSA) is 57.5 Å². The highest BCUT2D eigenvalue weighted by Gasteiger charge is 2.33. The molecule has 0 aromatic heterocycles. The predicted molar refractivity (Wildman–Crippen MR) is 59.7 cm³/mol. The van der Waals surface area contributed by atoms with Crippen molar-refractivity contribution in [2.24, 2.45) is 0 Å². The van der Waals surface area contributed by atoms with Crippen LogP contribution in [0.5, 0.6) is 5.75 Å². The van der Waals surface area contributed by atoms with E-state index in [1.165, 1.54) is 0 Å². The lowest BCUT2D eigenvalue weighted by atomic mass is 9.75. The number of phenolic OH excluding ortho intramolecular Hbond substituents is 1. The highest BCUT2D eigenvalue weighted by Crippen LogP contribution is 2.40. The average Bonchev–Trinajstić information content (AvgIpc) is 2.18. The molecule has 0 radical (unpaired) electrons. The fourth-order valence-electron chi connectivity index (χ4n) is 2.36. The molecule has 3 rings (SSSR count). The van der Waals surface area contributed by atoms with E-state index in [0.717, 1.165) is 21.9 Å². The van der Waals surface area contributed by atoms with Crippen LogP contribution in [0.4, 0.5) is 0 Å². The Morgan fingerprint density at radius 2 is 2.06 bits per heavy atom. The maximum absolute atomic E-state index is 10.9. The summed E-state index contributed by atoms with van der Waals surface area (Å²) >= 11 is 0. The van der Waals surface area contributed by atoms with Gasteiger partial charge < -0.3 is 10.2 Å². The molecule has 0 spiro atoms. The van der Waals surface area contributed by atoms with Crippen molar-refractivity contribution in [2.45, 2.75) is 12.3 Å². The SMILES string of the molecule is O=C(O)C1Cc2c1ccc1cc(O)ccc21. The largest absolute Gasteiger partial charge is 0.508 e. The molecule has 0 aliphatic heterocycles. The van der Waals surface area contributed by atoms with Crippen molar-refractivity contribution in [1.82, 2.24) is 0 Å². The van der Waals surface area contributed by atoms with Crippen LogP contribution in [-0.2, 0) is 11.2 Å². The van der Waals surface area contributed by atoms with Gasteiger partial charge in [-0.3, -0.25) is 4.79 Å². The summed E-state index contributed by atoms with van der Waals surface area (Å²) in [5.41, 5.74) is 2.01. The second-order valence-corrected chi connectivity index (χ2v) is 4.13. The van der Waals surface area contributed by atoms with E-state index in [4.69, 9.17) is 5.11 Å². The molecule has 0 saturated heterocycles. The third-order valence-electron chi connectivity index (χ3n) is 3.23. The molecule has 0 amide bonds. The number of hydrogen-bond acceptors (Lipinski definition) is 2. The van der Waals surface area contributed by atoms with Gasteiger partial charge in [-0.25, -0.2) is 0 Å². The molecule has 3 nitrogen and oxygen atoms in total. The molecule has 1 aliphatic rings. The van der Waals surface area contributed by atoms with Crippen molar-refractivity contribution >= 4 is 16.7 Å². The van der Waals surface area contributed by atoms with E-state index < -0.39 is 5.97 Å². The molecule has 80 valence electrons. The van der Waals surface area contributed by atoms with Gasteiger partial charge in [0.25, 0.3) is 0 Å². The van der Waals surface area contributed by atoms with Gasteiger partial charge in [-0.15, -0.1) is 0 Å². The molecule has 2 aromatic carbocycles. The highest BCUT2D eigenvalue weighted by molar-refractivity contribution is 5.93. The number of hydrogen-bond donors (Lipinski definition) is 2. The molecule has 2 N–H and O–H groups in total. The van der Waals surface area contributed by atoms with E-state index in [0.29, 0.717) is 6.42 Å². The quantitative estimate of drug-likeness (QED) is 0.765. The van der Waals surface area contributed by atoms with Gasteiger partial charge in [0.15, 0.2) is 0 Å². The number of aliphatic carboxylic acids is 1. The first-order valence-electron chi connectivity index (χ1n) is 5.14. The zero-order valence-electron chi connectivity index (χ0n) is 8.47. The summed E-state index contributed by atoms with van der Waals surface area (Å²) in [6.45, 7) is 0. The Morgan fingerprint density at radius 3 is 2.81 bits per heavy atom. The Bertz CT molecular complexity index is 601. The highest BCUT2D eigenvalue weighted by atomic mass is 16.4. The smallest absolute Gasteiger partial charge is 0.311 e. The van der Waals surface area contributed by atoms with E-state index in [9.17, 15) is 9.90 Å². The second kappa shape index (κ2) is 2.98. The number of fused-ring (bicyclic) bond motifs is 3. The van der Waals surface area contributed by atoms with Crippen molar-refractivity contribution < 1.29 is 15.0 Å². The molecule has 3 heteroatoms. The molecular formula is C13H10O3. The normalized spacial score (nSPS) is 17.9. The predicted octanol–water partition coefficient (Wildman–Crippen LogP) is 2.27. The summed E-state index contributed by atoms with van der Waals surface area (Å²) < 4.78 is 0. The second-order valence-electron chi connectivity index (χ2n) is 4.13. The summed E-state index contributed by atoms with van der Waals surface area (Å²) in [5.74, 6) is -0.875. The van der Waals surface area contributed by atoms with E-state index >= 15 is 0 Å². The molecule has 2 aromatic rings. The van der Waals surface area contributed by atoms with E-state index in [2.05, 4.69) is 0 Å². The van der Waals surface area contributed by atoms with Gasteiger partial charge in [0.05, 0.1) is 5.92 Å². The van der Waals surface area contributed by atoms with Gasteiger partial charge in [0.2, 0.25) is 0 Å². The van der Waals surface area contributed by atoms with Crippen LogP contribution in [0.25, 0.3) is 10.8 Å². The van der Waals surface area contributed by atoms with Crippen LogP contribution in [0.1, 0.15) is 17.0 Å². The molecule has 1 unspecified atom stereocenters. The van der Waals surface area contributed by atoms with Crippen LogP contribution in [0.15, 0.2) is 30.3 Å². The van der Waals surface area contributed by atoms with Crippen LogP contribution in [0, 0.1) is 0 Å². The third kappa shape index (κ3) is 1.11. The number of rotatable bonds is 1. The Morgan fingerprint density at radius 1 is 1.25 bits per heavy atom. The lowest BCUT2D eigenvalue weighted by molar-refractivity contribution is -0.139. The minimum Gasteiger partial charge on any atom is -0.508 e. The average molecular weight is 214 g/mol. The number of phenols is 1. The van der Waals surface area contributed by atoms with Gasteiger partial charge in [-0.1, -0.05) is 18.2 Å². The number of benzene rings is 2. The molecule has 16 heavy (non-hydrogen) atoms. The minimum atomic E-state index is -0.759. The first kappa shape index (κ1) is 9.21. The van der Waals surface area contributed by atoms with Crippen LogP contribution in [-0.4, -0.2) is 16.2 Å². The van der Waals surface area contributed by atoms with Gasteiger partial charge in [-0.2, -0.15) is 0 Å². The molecule has 1 aliphatic carbocycles. The summed E-state index contributed by atoms with van der Waals surface area (Å²) in [6.07, 6.45) is 0.590. The maximum atomic E-state index is 10.9. The van der Waals surface area contributed by atoms with Crippen LogP contribution in [0.3, 0.4) is 0 Å². The summed E-state index contributed by atoms with van der Waals surface area (Å²) in [4.78, 5) is 10.9. The summed E-state index contributed by atoms with van der Waals surface area (Å²) in [7, 11) is 0. The lowest BCUT2D eigenvalue weighted by Crippen LogP contribution is -2.25. The molecule has 1 atom stereocenters. The number of carboxylic acids is 1. The molecule has 0 fully saturated rings. The number of carboxylic acid groups (broad SMARTS) is 1. The summed E-state index contributed by atoms with van der Waals surface area (Å²) in [5, 5.41) is 20.3. The molecule has 0 heterocycles. The zero-order chi connectivity index (χ0) is 11.3. The van der Waals surface area contributed by atoms with Crippen molar-refractivity contribution in [3.63, 3.8) is 0 Å². The fraction of sp³-hybridized carbons (Fsp3) is 0.154. The Balaban J connectivity index is 2.21. The van der Waals surface area contributed by atoms with Crippen molar-refractivity contribution in [3.8, 4) is 5.75 Å². The molecule has 0 bridgehead atoms. The Labute approximate surface area is 92.0 Å². The lowest BCUT2D eigenvalue weighted by Gasteiger charge is -2.28. The first-order valence-corrected chi connectivity index (χ1v) is 5.14. The standard InChI is InChI=1S/C13H10O3/c14-8-2-4-9-7(5-8)1-3-10-11(9)6-12(10)13(15)16/h1-5,12,14H,6H2,(H,15,16). The molecular weight excluding hydrogens is 204 g/mol. The number of carbonyl (C=O) groups is 1. The van der Waals surface area contributed by atoms with Crippen molar-refractivity contribution in [3.05, 3.63) is 41.5 Å². The van der Waals surface area contributed by atoms with Crippen molar-refractivity contribution in [2.75, 3.05) is 0 Å². The van der Waals surface area contributed by atoms with Gasteiger partial charge in [0.1, 0.15) is 5.75 Å². The zero-order valence-corrected chi connectivity index (χ0v) is 8.47. The van der Waals surface area contributed by atoms with Gasteiger partial charge >= 0.3 is 5.97 Å². The van der Waals surface area contributed by atoms with Crippen LogP contribution >= 0.6 is 0 Å². The van der Waals surface area contributed by atoms with Gasteiger partial charge in [-0.05, 0) is 40.5 Å². The van der Waals surface area contributed by atoms with E-state index in [-0.39, 0.29) is 11.7 Å². The van der Waals surface area contributed by atoms with Gasteiger partial charge in [0, 0.05) is 0 Å². The summed E-state index contributed by atoms with van der Waals surface area (Å²) in [6, 6.07) is 8.89. The Kier molecular flexibility index (Phi) is 1.72. The first-order chi connectivity index (χ1) is 7.66. The van der Waals surface area contributed by atoms with E-state index in [1.54, 1.807) is 12.1 Å². The maximum Gasteiger partial charge on any atom is 0.311 e. The van der Waals surface area contributed by atoms with E-state index in [1.807, 2.05) is 18.2 Å². The van der Waals surface area contributed by atoms with Crippen LogP contribution in [0.2, 0.25) is 0 Å². The molecule has 0 saturated carbocycles. The third-order valence-corrected chi connectivity index (χ3v) is 3.23. The number of aromatic hydroxyl groups is 1.